The summed E-state index contributed by atoms with van der Waals surface area (Å²) in [6.07, 6.45) is 6.17. The molecule has 1 aliphatic carbocycles. The first-order valence-electron chi connectivity index (χ1n) is 10.6. The SMILES string of the molecule is N#Cc1ccccc1COC(=O)c1c2c(nc3ccccc13)C(=Cc1ccco1)CCC2. The van der Waals surface area contributed by atoms with Gasteiger partial charge in [-0.25, -0.2) is 9.78 Å². The number of rotatable bonds is 4. The molecule has 156 valence electrons. The number of esters is 1. The van der Waals surface area contributed by atoms with E-state index in [0.29, 0.717) is 16.7 Å². The summed E-state index contributed by atoms with van der Waals surface area (Å²) < 4.78 is 11.2. The number of fused-ring (bicyclic) bond motifs is 2. The Kier molecular flexibility index (Phi) is 5.27. The molecule has 5 nitrogen and oxygen atoms in total. The van der Waals surface area contributed by atoms with Crippen LogP contribution in [0.25, 0.3) is 22.6 Å². The van der Waals surface area contributed by atoms with Crippen LogP contribution in [0, 0.1) is 11.3 Å². The van der Waals surface area contributed by atoms with E-state index < -0.39 is 5.97 Å². The standard InChI is InChI=1S/C27H20N2O3/c28-16-19-7-1-2-8-20(19)17-32-27(30)25-22-11-3-4-13-24(22)29-26-18(9-5-12-23(25)26)15-21-10-6-14-31-21/h1-4,6-8,10-11,13-15H,5,9,12,17H2. The number of allylic oxidation sites excluding steroid dienone is 1. The number of hydrogen-bond acceptors (Lipinski definition) is 5. The highest BCUT2D eigenvalue weighted by Crippen LogP contribution is 2.36. The van der Waals surface area contributed by atoms with E-state index in [9.17, 15) is 10.1 Å². The van der Waals surface area contributed by atoms with Crippen molar-refractivity contribution >= 4 is 28.5 Å². The molecular weight excluding hydrogens is 400 g/mol. The van der Waals surface area contributed by atoms with Gasteiger partial charge in [0.2, 0.25) is 0 Å². The van der Waals surface area contributed by atoms with Crippen LogP contribution in [0.5, 0.6) is 0 Å². The van der Waals surface area contributed by atoms with Gasteiger partial charge in [-0.15, -0.1) is 0 Å². The molecule has 2 aromatic carbocycles. The quantitative estimate of drug-likeness (QED) is 0.382. The zero-order valence-electron chi connectivity index (χ0n) is 17.4. The van der Waals surface area contributed by atoms with Crippen molar-refractivity contribution in [1.29, 1.82) is 5.26 Å². The minimum Gasteiger partial charge on any atom is -0.465 e. The van der Waals surface area contributed by atoms with Crippen molar-refractivity contribution < 1.29 is 13.9 Å². The van der Waals surface area contributed by atoms with Crippen molar-refractivity contribution in [1.82, 2.24) is 4.98 Å². The molecule has 0 N–H and O–H groups in total. The van der Waals surface area contributed by atoms with Gasteiger partial charge in [0.1, 0.15) is 12.4 Å². The number of ether oxygens (including phenoxy) is 1. The van der Waals surface area contributed by atoms with Crippen molar-refractivity contribution in [3.05, 3.63) is 101 Å². The fourth-order valence-electron chi connectivity index (χ4n) is 4.22. The van der Waals surface area contributed by atoms with E-state index in [1.54, 1.807) is 24.5 Å². The first-order chi connectivity index (χ1) is 15.7. The molecule has 0 saturated carbocycles. The van der Waals surface area contributed by atoms with Gasteiger partial charge in [0, 0.05) is 10.9 Å². The van der Waals surface area contributed by atoms with Crippen LogP contribution in [0.4, 0.5) is 0 Å². The molecule has 0 spiro atoms. The predicted octanol–water partition coefficient (Wildman–Crippen LogP) is 5.93. The Morgan fingerprint density at radius 1 is 1.09 bits per heavy atom. The summed E-state index contributed by atoms with van der Waals surface area (Å²) in [5.74, 6) is 0.367. The third-order valence-corrected chi connectivity index (χ3v) is 5.73. The highest BCUT2D eigenvalue weighted by molar-refractivity contribution is 6.06. The second-order valence-corrected chi connectivity index (χ2v) is 7.71. The lowest BCUT2D eigenvalue weighted by Gasteiger charge is -2.22. The van der Waals surface area contributed by atoms with Gasteiger partial charge in [-0.1, -0.05) is 36.4 Å². The number of carbonyl (C=O) groups excluding carboxylic acids is 1. The van der Waals surface area contributed by atoms with Gasteiger partial charge in [0.05, 0.1) is 34.7 Å². The van der Waals surface area contributed by atoms with Crippen molar-refractivity contribution in [2.24, 2.45) is 0 Å². The van der Waals surface area contributed by atoms with Crippen molar-refractivity contribution in [2.45, 2.75) is 25.9 Å². The van der Waals surface area contributed by atoms with E-state index in [4.69, 9.17) is 14.1 Å². The summed E-state index contributed by atoms with van der Waals surface area (Å²) in [6, 6.07) is 20.7. The van der Waals surface area contributed by atoms with E-state index in [1.807, 2.05) is 48.5 Å². The van der Waals surface area contributed by atoms with Crippen LogP contribution in [0.2, 0.25) is 0 Å². The van der Waals surface area contributed by atoms with E-state index in [-0.39, 0.29) is 6.61 Å². The molecule has 5 heteroatoms. The third kappa shape index (κ3) is 3.67. The summed E-state index contributed by atoms with van der Waals surface area (Å²) >= 11 is 0. The Bertz CT molecular complexity index is 1380. The molecule has 0 saturated heterocycles. The molecule has 0 unspecified atom stereocenters. The molecule has 0 amide bonds. The molecule has 0 aliphatic heterocycles. The lowest BCUT2D eigenvalue weighted by molar-refractivity contribution is 0.0473. The van der Waals surface area contributed by atoms with Crippen LogP contribution in [-0.2, 0) is 17.8 Å². The lowest BCUT2D eigenvalue weighted by atomic mass is 9.86. The minimum absolute atomic E-state index is 0.0447. The maximum Gasteiger partial charge on any atom is 0.339 e. The number of furan rings is 1. The minimum atomic E-state index is -0.396. The van der Waals surface area contributed by atoms with Crippen LogP contribution < -0.4 is 0 Å². The number of aromatic nitrogens is 1. The van der Waals surface area contributed by atoms with Crippen LogP contribution in [0.1, 0.15) is 51.3 Å². The maximum absolute atomic E-state index is 13.4. The number of pyridine rings is 1. The second-order valence-electron chi connectivity index (χ2n) is 7.71. The predicted molar refractivity (Wildman–Crippen MR) is 122 cm³/mol. The van der Waals surface area contributed by atoms with Gasteiger partial charge >= 0.3 is 5.97 Å². The molecule has 32 heavy (non-hydrogen) atoms. The molecule has 4 aromatic rings. The Labute approximate surface area is 185 Å². The number of benzene rings is 2. The number of nitriles is 1. The van der Waals surface area contributed by atoms with Gasteiger partial charge in [-0.2, -0.15) is 5.26 Å². The summed E-state index contributed by atoms with van der Waals surface area (Å²) in [4.78, 5) is 18.3. The Morgan fingerprint density at radius 3 is 2.78 bits per heavy atom. The Morgan fingerprint density at radius 2 is 1.94 bits per heavy atom. The topological polar surface area (TPSA) is 76.1 Å². The van der Waals surface area contributed by atoms with Crippen LogP contribution in [0.3, 0.4) is 0 Å². The summed E-state index contributed by atoms with van der Waals surface area (Å²) in [6.45, 7) is 0.0447. The van der Waals surface area contributed by atoms with E-state index in [0.717, 1.165) is 52.8 Å². The fourth-order valence-corrected chi connectivity index (χ4v) is 4.22. The first kappa shape index (κ1) is 19.8. The highest BCUT2D eigenvalue weighted by atomic mass is 16.5. The summed E-state index contributed by atoms with van der Waals surface area (Å²) in [5.41, 5.74) is 5.30. The Balaban J connectivity index is 1.58. The van der Waals surface area contributed by atoms with Crippen LogP contribution in [-0.4, -0.2) is 11.0 Å². The zero-order valence-corrected chi connectivity index (χ0v) is 17.4. The third-order valence-electron chi connectivity index (χ3n) is 5.73. The number of hydrogen-bond donors (Lipinski definition) is 0. The van der Waals surface area contributed by atoms with Crippen LogP contribution in [0.15, 0.2) is 71.3 Å². The molecule has 0 radical (unpaired) electrons. The van der Waals surface area contributed by atoms with E-state index in [1.165, 1.54) is 0 Å². The fraction of sp³-hybridized carbons (Fsp3) is 0.148. The molecule has 5 rings (SSSR count). The first-order valence-corrected chi connectivity index (χ1v) is 10.6. The van der Waals surface area contributed by atoms with Gasteiger partial charge in [-0.05, 0) is 60.7 Å². The van der Waals surface area contributed by atoms with Crippen molar-refractivity contribution in [3.8, 4) is 6.07 Å². The van der Waals surface area contributed by atoms with Gasteiger partial charge in [-0.3, -0.25) is 0 Å². The number of para-hydroxylation sites is 1. The average molecular weight is 420 g/mol. The second kappa shape index (κ2) is 8.52. The van der Waals surface area contributed by atoms with E-state index in [2.05, 4.69) is 6.07 Å². The monoisotopic (exact) mass is 420 g/mol. The average Bonchev–Trinajstić information content (AvgIpc) is 3.34. The zero-order chi connectivity index (χ0) is 21.9. The normalized spacial score (nSPS) is 14.2. The van der Waals surface area contributed by atoms with Gasteiger partial charge in [0.25, 0.3) is 0 Å². The smallest absolute Gasteiger partial charge is 0.339 e. The van der Waals surface area contributed by atoms with Crippen LogP contribution >= 0.6 is 0 Å². The largest absolute Gasteiger partial charge is 0.465 e. The molecule has 2 heterocycles. The number of nitrogens with zero attached hydrogens (tertiary/aromatic N) is 2. The summed E-state index contributed by atoms with van der Waals surface area (Å²) in [5, 5.41) is 10.1. The molecule has 0 fully saturated rings. The maximum atomic E-state index is 13.4. The highest BCUT2D eigenvalue weighted by Gasteiger charge is 2.26. The molecule has 2 aromatic heterocycles. The van der Waals surface area contributed by atoms with Gasteiger partial charge < -0.3 is 9.15 Å². The van der Waals surface area contributed by atoms with Crippen molar-refractivity contribution in [2.75, 3.05) is 0 Å². The molecule has 0 atom stereocenters. The lowest BCUT2D eigenvalue weighted by Crippen LogP contribution is -2.15. The summed E-state index contributed by atoms with van der Waals surface area (Å²) in [7, 11) is 0. The number of carbonyl (C=O) groups is 1. The van der Waals surface area contributed by atoms with Crippen molar-refractivity contribution in [3.63, 3.8) is 0 Å². The Hall–Kier alpha value is -4.17. The molecule has 0 bridgehead atoms. The van der Waals surface area contributed by atoms with E-state index >= 15 is 0 Å². The molecular formula is C27H20N2O3. The van der Waals surface area contributed by atoms with Gasteiger partial charge in [0.15, 0.2) is 0 Å². The molecule has 1 aliphatic rings.